The van der Waals surface area contributed by atoms with Crippen LogP contribution < -0.4 is 9.64 Å². The lowest BCUT2D eigenvalue weighted by Crippen LogP contribution is -2.50. The summed E-state index contributed by atoms with van der Waals surface area (Å²) >= 11 is 0. The maximum absolute atomic E-state index is 13.5. The van der Waals surface area contributed by atoms with Crippen LogP contribution in [-0.4, -0.2) is 86.5 Å². The molecule has 1 aliphatic rings. The number of methoxy groups -OCH3 is 1. The van der Waals surface area contributed by atoms with E-state index < -0.39 is 37.2 Å². The molecule has 1 amide bonds. The molecule has 3 aromatic carbocycles. The zero-order valence-corrected chi connectivity index (χ0v) is 23.7. The van der Waals surface area contributed by atoms with Crippen molar-refractivity contribution in [3.63, 3.8) is 0 Å². The Morgan fingerprint density at radius 1 is 0.857 bits per heavy atom. The van der Waals surface area contributed by atoms with E-state index >= 15 is 0 Å². The standard InChI is InChI=1S/C27H27N5O9S/c1-28(2)22-10-8-18(16-23(22)31(35)36)26(33)20-6-4-5-7-21(20)27(34)29-12-14-30(15-13-29)42(39,40)19-9-11-25(41-3)24(17-19)32(37)38/h4-11,16-17H,12-15H2,1-3H3. The maximum atomic E-state index is 13.5. The quantitative estimate of drug-likeness (QED) is 0.203. The number of carbonyl (C=O) groups is 2. The smallest absolute Gasteiger partial charge is 0.312 e. The number of ketones is 1. The second-order valence-electron chi connectivity index (χ2n) is 9.52. The summed E-state index contributed by atoms with van der Waals surface area (Å²) in [6.45, 7) is -0.159. The van der Waals surface area contributed by atoms with E-state index in [0.717, 1.165) is 10.4 Å². The molecule has 4 rings (SSSR count). The molecule has 15 heteroatoms. The molecule has 42 heavy (non-hydrogen) atoms. The highest BCUT2D eigenvalue weighted by molar-refractivity contribution is 7.89. The molecule has 0 saturated carbocycles. The molecule has 14 nitrogen and oxygen atoms in total. The number of sulfonamides is 1. The highest BCUT2D eigenvalue weighted by atomic mass is 32.2. The summed E-state index contributed by atoms with van der Waals surface area (Å²) < 4.78 is 32.5. The molecular weight excluding hydrogens is 570 g/mol. The van der Waals surface area contributed by atoms with E-state index in [1.54, 1.807) is 31.1 Å². The summed E-state index contributed by atoms with van der Waals surface area (Å²) in [5, 5.41) is 23.0. The number of amides is 1. The molecule has 0 unspecified atom stereocenters. The van der Waals surface area contributed by atoms with Crippen LogP contribution in [0.1, 0.15) is 26.3 Å². The molecule has 1 saturated heterocycles. The van der Waals surface area contributed by atoms with Crippen LogP contribution in [-0.2, 0) is 10.0 Å². The Kier molecular flexibility index (Phi) is 8.54. The number of carbonyl (C=O) groups excluding carboxylic acids is 2. The van der Waals surface area contributed by atoms with Gasteiger partial charge in [-0.3, -0.25) is 29.8 Å². The first-order valence-electron chi connectivity index (χ1n) is 12.6. The van der Waals surface area contributed by atoms with Crippen LogP contribution in [0.2, 0.25) is 0 Å². The van der Waals surface area contributed by atoms with Crippen molar-refractivity contribution in [3.8, 4) is 5.75 Å². The van der Waals surface area contributed by atoms with Gasteiger partial charge in [-0.05, 0) is 30.3 Å². The largest absolute Gasteiger partial charge is 0.490 e. The molecule has 0 aliphatic carbocycles. The van der Waals surface area contributed by atoms with E-state index in [1.165, 1.54) is 54.5 Å². The van der Waals surface area contributed by atoms with Gasteiger partial charge in [-0.2, -0.15) is 4.31 Å². The van der Waals surface area contributed by atoms with Gasteiger partial charge in [-0.25, -0.2) is 8.42 Å². The fourth-order valence-electron chi connectivity index (χ4n) is 4.64. The third kappa shape index (κ3) is 5.77. The van der Waals surface area contributed by atoms with Crippen LogP contribution in [0.15, 0.2) is 65.6 Å². The number of nitrogens with zero attached hydrogens (tertiary/aromatic N) is 5. The van der Waals surface area contributed by atoms with Crippen molar-refractivity contribution in [1.82, 2.24) is 9.21 Å². The lowest BCUT2D eigenvalue weighted by molar-refractivity contribution is -0.386. The predicted molar refractivity (Wildman–Crippen MR) is 152 cm³/mol. The Labute approximate surface area is 241 Å². The number of nitro benzene ring substituents is 2. The molecule has 3 aromatic rings. The van der Waals surface area contributed by atoms with E-state index in [0.29, 0.717) is 5.69 Å². The Morgan fingerprint density at radius 3 is 2.05 bits per heavy atom. The van der Waals surface area contributed by atoms with Crippen LogP contribution in [0.25, 0.3) is 0 Å². The first kappa shape index (κ1) is 30.1. The van der Waals surface area contributed by atoms with Gasteiger partial charge in [0.05, 0.1) is 27.4 Å². The average Bonchev–Trinajstić information content (AvgIpc) is 2.99. The van der Waals surface area contributed by atoms with Gasteiger partial charge in [0.1, 0.15) is 5.69 Å². The lowest BCUT2D eigenvalue weighted by atomic mass is 9.96. The Balaban J connectivity index is 1.54. The van der Waals surface area contributed by atoms with E-state index in [9.17, 15) is 38.2 Å². The van der Waals surface area contributed by atoms with Crippen molar-refractivity contribution in [2.24, 2.45) is 0 Å². The second-order valence-corrected chi connectivity index (χ2v) is 11.5. The SMILES string of the molecule is COc1ccc(S(=O)(=O)N2CCN(C(=O)c3ccccc3C(=O)c3ccc(N(C)C)c([N+](=O)[O-])c3)CC2)cc1[N+](=O)[O-]. The number of benzene rings is 3. The molecule has 0 atom stereocenters. The van der Waals surface area contributed by atoms with Crippen molar-refractivity contribution in [2.45, 2.75) is 4.90 Å². The minimum absolute atomic E-state index is 0.00182. The van der Waals surface area contributed by atoms with Crippen molar-refractivity contribution in [1.29, 1.82) is 0 Å². The number of nitro groups is 2. The van der Waals surface area contributed by atoms with Crippen LogP contribution in [0.5, 0.6) is 5.75 Å². The Hall–Kier alpha value is -4.89. The summed E-state index contributed by atoms with van der Waals surface area (Å²) in [5.74, 6) is -1.16. The highest BCUT2D eigenvalue weighted by Crippen LogP contribution is 2.32. The van der Waals surface area contributed by atoms with Gasteiger partial charge in [0.2, 0.25) is 10.0 Å². The van der Waals surface area contributed by atoms with Crippen LogP contribution in [0, 0.1) is 20.2 Å². The normalized spacial score (nSPS) is 13.8. The van der Waals surface area contributed by atoms with Gasteiger partial charge in [-0.1, -0.05) is 18.2 Å². The number of rotatable bonds is 9. The van der Waals surface area contributed by atoms with Crippen molar-refractivity contribution in [3.05, 3.63) is 97.6 Å². The Bertz CT molecular complexity index is 1680. The fraction of sp³-hybridized carbons (Fsp3) is 0.259. The molecule has 220 valence electrons. The number of piperazine rings is 1. The fourth-order valence-corrected chi connectivity index (χ4v) is 6.08. The molecule has 0 spiro atoms. The summed E-state index contributed by atoms with van der Waals surface area (Å²) in [6, 6.07) is 13.5. The topological polar surface area (TPSA) is 174 Å². The van der Waals surface area contributed by atoms with Crippen molar-refractivity contribution >= 4 is 38.8 Å². The average molecular weight is 598 g/mol. The third-order valence-electron chi connectivity index (χ3n) is 6.83. The maximum Gasteiger partial charge on any atom is 0.312 e. The van der Waals surface area contributed by atoms with Gasteiger partial charge in [0.15, 0.2) is 11.5 Å². The zero-order chi connectivity index (χ0) is 30.8. The number of hydrogen-bond acceptors (Lipinski definition) is 10. The number of ether oxygens (including phenoxy) is 1. The van der Waals surface area contributed by atoms with E-state index in [-0.39, 0.29) is 59.2 Å². The van der Waals surface area contributed by atoms with Crippen LogP contribution >= 0.6 is 0 Å². The highest BCUT2D eigenvalue weighted by Gasteiger charge is 2.33. The molecule has 1 heterocycles. The summed E-state index contributed by atoms with van der Waals surface area (Å²) in [6.07, 6.45) is 0. The van der Waals surface area contributed by atoms with Gasteiger partial charge >= 0.3 is 5.69 Å². The van der Waals surface area contributed by atoms with Crippen molar-refractivity contribution in [2.75, 3.05) is 52.3 Å². The van der Waals surface area contributed by atoms with Crippen molar-refractivity contribution < 1.29 is 32.6 Å². The van der Waals surface area contributed by atoms with Gasteiger partial charge in [0, 0.05) is 63.5 Å². The van der Waals surface area contributed by atoms with Gasteiger partial charge in [0.25, 0.3) is 11.6 Å². The summed E-state index contributed by atoms with van der Waals surface area (Å²) in [4.78, 5) is 51.3. The Morgan fingerprint density at radius 2 is 1.48 bits per heavy atom. The molecule has 0 N–H and O–H groups in total. The summed E-state index contributed by atoms with van der Waals surface area (Å²) in [5.41, 5.74) is -0.265. The lowest BCUT2D eigenvalue weighted by Gasteiger charge is -2.34. The van der Waals surface area contributed by atoms with Gasteiger partial charge in [-0.15, -0.1) is 0 Å². The molecule has 0 bridgehead atoms. The molecule has 0 radical (unpaired) electrons. The molecule has 0 aromatic heterocycles. The van der Waals surface area contributed by atoms with E-state index in [1.807, 2.05) is 0 Å². The number of hydrogen-bond donors (Lipinski definition) is 0. The van der Waals surface area contributed by atoms with Gasteiger partial charge < -0.3 is 14.5 Å². The number of anilines is 1. The third-order valence-corrected chi connectivity index (χ3v) is 8.72. The first-order chi connectivity index (χ1) is 19.9. The van der Waals surface area contributed by atoms with Crippen LogP contribution in [0.3, 0.4) is 0 Å². The second kappa shape index (κ2) is 11.9. The van der Waals surface area contributed by atoms with E-state index in [2.05, 4.69) is 0 Å². The molecular formula is C27H27N5O9S. The molecule has 1 fully saturated rings. The minimum atomic E-state index is -4.11. The minimum Gasteiger partial charge on any atom is -0.490 e. The molecule has 1 aliphatic heterocycles. The predicted octanol–water partition coefficient (Wildman–Crippen LogP) is 2.96. The zero-order valence-electron chi connectivity index (χ0n) is 22.9. The first-order valence-corrected chi connectivity index (χ1v) is 14.0. The monoisotopic (exact) mass is 597 g/mol. The summed E-state index contributed by atoms with van der Waals surface area (Å²) in [7, 11) is 0.412. The van der Waals surface area contributed by atoms with E-state index in [4.69, 9.17) is 4.74 Å². The van der Waals surface area contributed by atoms with Crippen LogP contribution in [0.4, 0.5) is 17.1 Å².